The summed E-state index contributed by atoms with van der Waals surface area (Å²) in [5.74, 6) is -0.116. The summed E-state index contributed by atoms with van der Waals surface area (Å²) in [6.45, 7) is 1.53. The highest BCUT2D eigenvalue weighted by atomic mass is 16.6. The fourth-order valence-corrected chi connectivity index (χ4v) is 1.72. The number of nitrogens with zero attached hydrogens (tertiary/aromatic N) is 3. The monoisotopic (exact) mass is 268 g/mol. The lowest BCUT2D eigenvalue weighted by Gasteiger charge is -2.10. The van der Waals surface area contributed by atoms with Gasteiger partial charge in [0, 0.05) is 25.4 Å². The Morgan fingerprint density at radius 2 is 2.21 bits per heavy atom. The molecule has 0 bridgehead atoms. The number of hydrogen-bond acceptors (Lipinski definition) is 4. The molecule has 1 amide bonds. The van der Waals surface area contributed by atoms with Gasteiger partial charge in [-0.2, -0.15) is 0 Å². The molecule has 0 aliphatic rings. The van der Waals surface area contributed by atoms with E-state index in [0.717, 1.165) is 13.0 Å². The molecule has 1 rings (SSSR count). The topological polar surface area (TPSA) is 80.4 Å². The maximum Gasteiger partial charge on any atom is 0.287 e. The molecule has 0 saturated heterocycles. The predicted molar refractivity (Wildman–Crippen MR) is 72.0 cm³/mol. The van der Waals surface area contributed by atoms with Gasteiger partial charge in [-0.3, -0.25) is 14.9 Å². The lowest BCUT2D eigenvalue weighted by Crippen LogP contribution is -2.28. The summed E-state index contributed by atoms with van der Waals surface area (Å²) >= 11 is 0. The van der Waals surface area contributed by atoms with Crippen LogP contribution in [0.15, 0.2) is 12.3 Å². The lowest BCUT2D eigenvalue weighted by molar-refractivity contribution is -0.384. The Labute approximate surface area is 112 Å². The van der Waals surface area contributed by atoms with Crippen molar-refractivity contribution in [2.24, 2.45) is 7.05 Å². The van der Waals surface area contributed by atoms with Gasteiger partial charge in [0.05, 0.1) is 17.5 Å². The van der Waals surface area contributed by atoms with E-state index in [2.05, 4.69) is 5.32 Å². The first-order valence-corrected chi connectivity index (χ1v) is 6.11. The minimum absolute atomic E-state index is 0.0120. The number of nitrogens with one attached hydrogen (secondary N) is 1. The van der Waals surface area contributed by atoms with Crippen molar-refractivity contribution in [3.63, 3.8) is 0 Å². The predicted octanol–water partition coefficient (Wildman–Crippen LogP) is 0.544. The van der Waals surface area contributed by atoms with Crippen molar-refractivity contribution in [1.29, 1.82) is 0 Å². The van der Waals surface area contributed by atoms with Gasteiger partial charge in [-0.15, -0.1) is 0 Å². The third-order valence-corrected chi connectivity index (χ3v) is 2.75. The molecule has 0 aliphatic carbocycles. The highest BCUT2D eigenvalue weighted by molar-refractivity contribution is 5.78. The van der Waals surface area contributed by atoms with Crippen molar-refractivity contribution in [2.75, 3.05) is 27.2 Å². The van der Waals surface area contributed by atoms with E-state index in [1.807, 2.05) is 19.0 Å². The fourth-order valence-electron chi connectivity index (χ4n) is 1.72. The Hall–Kier alpha value is -1.89. The Bertz CT molecular complexity index is 454. The molecule has 1 aromatic rings. The van der Waals surface area contributed by atoms with E-state index in [-0.39, 0.29) is 18.0 Å². The third kappa shape index (κ3) is 5.09. The molecule has 0 aliphatic heterocycles. The quantitative estimate of drug-likeness (QED) is 0.445. The van der Waals surface area contributed by atoms with Crippen LogP contribution < -0.4 is 5.32 Å². The molecule has 1 heterocycles. The van der Waals surface area contributed by atoms with Gasteiger partial charge in [0.2, 0.25) is 5.91 Å². The van der Waals surface area contributed by atoms with Gasteiger partial charge < -0.3 is 14.8 Å². The number of nitro groups is 1. The summed E-state index contributed by atoms with van der Waals surface area (Å²) in [4.78, 5) is 23.9. The molecule has 0 radical (unpaired) electrons. The Balaban J connectivity index is 2.42. The first-order valence-electron chi connectivity index (χ1n) is 6.11. The molecule has 0 spiro atoms. The van der Waals surface area contributed by atoms with E-state index in [1.165, 1.54) is 12.3 Å². The number of carbonyl (C=O) groups excluding carboxylic acids is 1. The second kappa shape index (κ2) is 6.89. The van der Waals surface area contributed by atoms with Gasteiger partial charge in [0.1, 0.15) is 0 Å². The summed E-state index contributed by atoms with van der Waals surface area (Å²) in [5, 5.41) is 13.4. The largest absolute Gasteiger partial charge is 0.356 e. The van der Waals surface area contributed by atoms with Crippen LogP contribution in [0.5, 0.6) is 0 Å². The van der Waals surface area contributed by atoms with Crippen LogP contribution in [0.4, 0.5) is 5.69 Å². The van der Waals surface area contributed by atoms with Gasteiger partial charge in [0.25, 0.3) is 5.69 Å². The Kier molecular flexibility index (Phi) is 5.50. The molecular formula is C12H20N4O3. The number of amides is 1. The van der Waals surface area contributed by atoms with Crippen LogP contribution >= 0.6 is 0 Å². The van der Waals surface area contributed by atoms with E-state index in [1.54, 1.807) is 11.6 Å². The van der Waals surface area contributed by atoms with E-state index in [9.17, 15) is 14.9 Å². The minimum atomic E-state index is -0.460. The summed E-state index contributed by atoms with van der Waals surface area (Å²) in [6.07, 6.45) is 2.45. The number of aromatic nitrogens is 1. The molecule has 1 aromatic heterocycles. The van der Waals surface area contributed by atoms with Crippen LogP contribution in [0.2, 0.25) is 0 Å². The lowest BCUT2D eigenvalue weighted by atomic mass is 10.3. The first kappa shape index (κ1) is 15.2. The number of carbonyl (C=O) groups is 1. The van der Waals surface area contributed by atoms with Crippen molar-refractivity contribution >= 4 is 11.6 Å². The maximum atomic E-state index is 11.7. The standard InChI is InChI=1S/C12H20N4O3/c1-14(2)6-4-5-13-12(17)8-10-7-11(16(18)19)9-15(10)3/h7,9H,4-6,8H2,1-3H3,(H,13,17). The zero-order valence-corrected chi connectivity index (χ0v) is 11.5. The fraction of sp³-hybridized carbons (Fsp3) is 0.583. The van der Waals surface area contributed by atoms with Gasteiger partial charge in [-0.25, -0.2) is 0 Å². The van der Waals surface area contributed by atoms with Crippen LogP contribution in [0, 0.1) is 10.1 Å². The summed E-state index contributed by atoms with van der Waals surface area (Å²) in [5.41, 5.74) is 0.648. The molecule has 0 fully saturated rings. The molecule has 1 N–H and O–H groups in total. The highest BCUT2D eigenvalue weighted by Gasteiger charge is 2.14. The Morgan fingerprint density at radius 1 is 1.53 bits per heavy atom. The van der Waals surface area contributed by atoms with E-state index < -0.39 is 4.92 Å². The zero-order chi connectivity index (χ0) is 14.4. The minimum Gasteiger partial charge on any atom is -0.356 e. The molecule has 7 nitrogen and oxygen atoms in total. The van der Waals surface area contributed by atoms with Crippen LogP contribution in [0.25, 0.3) is 0 Å². The second-order valence-electron chi connectivity index (χ2n) is 4.74. The van der Waals surface area contributed by atoms with Gasteiger partial charge in [-0.1, -0.05) is 0 Å². The average Bonchev–Trinajstić information content (AvgIpc) is 2.66. The molecule has 0 saturated carbocycles. The van der Waals surface area contributed by atoms with E-state index in [4.69, 9.17) is 0 Å². The summed E-state index contributed by atoms with van der Waals surface area (Å²) < 4.78 is 1.61. The van der Waals surface area contributed by atoms with Crippen molar-refractivity contribution in [2.45, 2.75) is 12.8 Å². The van der Waals surface area contributed by atoms with Gasteiger partial charge in [-0.05, 0) is 27.1 Å². The third-order valence-electron chi connectivity index (χ3n) is 2.75. The van der Waals surface area contributed by atoms with Crippen molar-refractivity contribution in [3.05, 3.63) is 28.1 Å². The van der Waals surface area contributed by atoms with Gasteiger partial charge >= 0.3 is 0 Å². The normalized spacial score (nSPS) is 10.7. The van der Waals surface area contributed by atoms with Crippen LogP contribution in [-0.2, 0) is 18.3 Å². The van der Waals surface area contributed by atoms with E-state index in [0.29, 0.717) is 12.2 Å². The van der Waals surface area contributed by atoms with Crippen LogP contribution in [-0.4, -0.2) is 47.5 Å². The second-order valence-corrected chi connectivity index (χ2v) is 4.74. The maximum absolute atomic E-state index is 11.7. The SMILES string of the molecule is CN(C)CCCNC(=O)Cc1cc([N+](=O)[O-])cn1C. The van der Waals surface area contributed by atoms with E-state index >= 15 is 0 Å². The smallest absolute Gasteiger partial charge is 0.287 e. The molecule has 106 valence electrons. The first-order chi connectivity index (χ1) is 8.90. The van der Waals surface area contributed by atoms with Crippen LogP contribution in [0.1, 0.15) is 12.1 Å². The molecule has 0 aromatic carbocycles. The molecule has 0 unspecified atom stereocenters. The molecule has 19 heavy (non-hydrogen) atoms. The average molecular weight is 268 g/mol. The number of aryl methyl sites for hydroxylation is 1. The van der Waals surface area contributed by atoms with Crippen molar-refractivity contribution in [3.8, 4) is 0 Å². The Morgan fingerprint density at radius 3 is 2.74 bits per heavy atom. The summed E-state index contributed by atoms with van der Waals surface area (Å²) in [7, 11) is 5.65. The zero-order valence-electron chi connectivity index (χ0n) is 11.5. The molecule has 0 atom stereocenters. The summed E-state index contributed by atoms with van der Waals surface area (Å²) in [6, 6.07) is 1.43. The highest BCUT2D eigenvalue weighted by Crippen LogP contribution is 2.15. The van der Waals surface area contributed by atoms with Crippen molar-refractivity contribution in [1.82, 2.24) is 14.8 Å². The number of hydrogen-bond donors (Lipinski definition) is 1. The molecular weight excluding hydrogens is 248 g/mol. The van der Waals surface area contributed by atoms with Crippen LogP contribution in [0.3, 0.4) is 0 Å². The molecule has 7 heteroatoms. The van der Waals surface area contributed by atoms with Gasteiger partial charge in [0.15, 0.2) is 0 Å². The number of rotatable bonds is 7. The van der Waals surface area contributed by atoms with Crippen molar-refractivity contribution < 1.29 is 9.72 Å².